The van der Waals surface area contributed by atoms with Crippen LogP contribution in [0.1, 0.15) is 23.1 Å². The van der Waals surface area contributed by atoms with Crippen molar-refractivity contribution in [3.63, 3.8) is 0 Å². The third kappa shape index (κ3) is 4.21. The maximum absolute atomic E-state index is 10.7. The number of rotatable bonds is 4. The van der Waals surface area contributed by atoms with E-state index in [1.165, 1.54) is 0 Å². The van der Waals surface area contributed by atoms with Crippen molar-refractivity contribution in [3.8, 4) is 0 Å². The molecule has 0 aliphatic carbocycles. The molecule has 0 saturated heterocycles. The molecule has 112 valence electrons. The maximum Gasteiger partial charge on any atom is 0.0871 e. The molecule has 0 aliphatic rings. The second-order valence-corrected chi connectivity index (χ2v) is 7.33. The summed E-state index contributed by atoms with van der Waals surface area (Å²) in [7, 11) is 0. The fraction of sp³-hybridized carbons (Fsp3) is 0.200. The Morgan fingerprint density at radius 2 is 1.67 bits per heavy atom. The fourth-order valence-corrected chi connectivity index (χ4v) is 4.08. The Balaban J connectivity index is 2.40. The molecule has 0 aliphatic heterocycles. The third-order valence-electron chi connectivity index (χ3n) is 3.22. The zero-order valence-electron chi connectivity index (χ0n) is 10.9. The lowest BCUT2D eigenvalue weighted by Gasteiger charge is -2.23. The highest BCUT2D eigenvalue weighted by atomic mass is 79.9. The molecule has 0 saturated carbocycles. The number of aliphatic hydroxyl groups excluding tert-OH is 1. The van der Waals surface area contributed by atoms with E-state index in [-0.39, 0.29) is 12.5 Å². The van der Waals surface area contributed by atoms with Crippen molar-refractivity contribution < 1.29 is 5.11 Å². The molecule has 0 aromatic heterocycles. The zero-order valence-corrected chi connectivity index (χ0v) is 15.5. The van der Waals surface area contributed by atoms with Gasteiger partial charge in [-0.05, 0) is 41.5 Å². The van der Waals surface area contributed by atoms with Gasteiger partial charge in [-0.2, -0.15) is 0 Å². The Morgan fingerprint density at radius 1 is 1.05 bits per heavy atom. The lowest BCUT2D eigenvalue weighted by atomic mass is 9.89. The first-order valence-electron chi connectivity index (χ1n) is 6.21. The van der Waals surface area contributed by atoms with Gasteiger partial charge in [0, 0.05) is 31.5 Å². The molecular weight excluding hydrogens is 441 g/mol. The van der Waals surface area contributed by atoms with Crippen molar-refractivity contribution in [2.75, 3.05) is 6.54 Å². The van der Waals surface area contributed by atoms with E-state index in [1.54, 1.807) is 18.2 Å². The Hall–Kier alpha value is -0.100. The highest BCUT2D eigenvalue weighted by molar-refractivity contribution is 9.11. The van der Waals surface area contributed by atoms with Crippen LogP contribution in [-0.4, -0.2) is 11.7 Å². The third-order valence-corrected chi connectivity index (χ3v) is 4.70. The molecular formula is C15H13Br2Cl2NO. The highest BCUT2D eigenvalue weighted by Crippen LogP contribution is 2.37. The molecule has 0 bridgehead atoms. The van der Waals surface area contributed by atoms with Crippen LogP contribution in [0.5, 0.6) is 0 Å². The molecule has 2 aromatic rings. The van der Waals surface area contributed by atoms with Crippen LogP contribution in [0.4, 0.5) is 0 Å². The van der Waals surface area contributed by atoms with Crippen molar-refractivity contribution in [1.82, 2.24) is 0 Å². The van der Waals surface area contributed by atoms with Gasteiger partial charge in [0.25, 0.3) is 0 Å². The van der Waals surface area contributed by atoms with Gasteiger partial charge in [0.1, 0.15) is 0 Å². The van der Waals surface area contributed by atoms with Gasteiger partial charge in [-0.25, -0.2) is 0 Å². The molecule has 0 radical (unpaired) electrons. The van der Waals surface area contributed by atoms with E-state index in [1.807, 2.05) is 18.2 Å². The van der Waals surface area contributed by atoms with Gasteiger partial charge < -0.3 is 10.8 Å². The van der Waals surface area contributed by atoms with Crippen LogP contribution in [0.25, 0.3) is 0 Å². The average Bonchev–Trinajstić information content (AvgIpc) is 2.40. The molecule has 0 spiro atoms. The molecule has 2 aromatic carbocycles. The molecule has 21 heavy (non-hydrogen) atoms. The van der Waals surface area contributed by atoms with Crippen LogP contribution in [-0.2, 0) is 0 Å². The molecule has 6 heteroatoms. The predicted molar refractivity (Wildman–Crippen MR) is 95.1 cm³/mol. The van der Waals surface area contributed by atoms with E-state index in [0.29, 0.717) is 10.0 Å². The summed E-state index contributed by atoms with van der Waals surface area (Å²) in [6.07, 6.45) is -0.762. The number of hydrogen-bond acceptors (Lipinski definition) is 2. The minimum Gasteiger partial charge on any atom is -0.388 e. The van der Waals surface area contributed by atoms with E-state index in [9.17, 15) is 5.11 Å². The van der Waals surface area contributed by atoms with Crippen LogP contribution in [0.15, 0.2) is 45.3 Å². The van der Waals surface area contributed by atoms with Gasteiger partial charge in [-0.3, -0.25) is 0 Å². The standard InChI is InChI=1S/C15H13Br2Cl2NO/c16-9-3-8(4-10(17)5-9)15(21)13(7-20)12-2-1-11(18)6-14(12)19/h1-6,13,15,21H,7,20H2. The van der Waals surface area contributed by atoms with Crippen LogP contribution in [0, 0.1) is 0 Å². The Labute approximate surface area is 150 Å². The normalized spacial score (nSPS) is 14.0. The number of aliphatic hydroxyl groups is 1. The molecule has 0 fully saturated rings. The quantitative estimate of drug-likeness (QED) is 0.660. The summed E-state index contributed by atoms with van der Waals surface area (Å²) in [6.45, 7) is 0.270. The minimum atomic E-state index is -0.762. The summed E-state index contributed by atoms with van der Waals surface area (Å²) in [6, 6.07) is 10.8. The van der Waals surface area contributed by atoms with Crippen molar-refractivity contribution in [1.29, 1.82) is 0 Å². The van der Waals surface area contributed by atoms with E-state index >= 15 is 0 Å². The Morgan fingerprint density at radius 3 is 2.19 bits per heavy atom. The van der Waals surface area contributed by atoms with E-state index in [0.717, 1.165) is 20.1 Å². The van der Waals surface area contributed by atoms with E-state index < -0.39 is 6.10 Å². The molecule has 0 amide bonds. The Bertz CT molecular complexity index is 631. The summed E-state index contributed by atoms with van der Waals surface area (Å²) in [5.74, 6) is -0.309. The average molecular weight is 454 g/mol. The second kappa shape index (κ2) is 7.44. The van der Waals surface area contributed by atoms with Crippen LogP contribution in [0.2, 0.25) is 10.0 Å². The molecule has 2 atom stereocenters. The first-order chi connectivity index (χ1) is 9.92. The SMILES string of the molecule is NCC(c1ccc(Cl)cc1Cl)C(O)c1cc(Br)cc(Br)c1. The lowest BCUT2D eigenvalue weighted by Crippen LogP contribution is -2.20. The Kier molecular flexibility index (Phi) is 6.12. The first kappa shape index (κ1) is 17.3. The molecule has 2 nitrogen and oxygen atoms in total. The topological polar surface area (TPSA) is 46.2 Å². The number of halogens is 4. The first-order valence-corrected chi connectivity index (χ1v) is 8.55. The van der Waals surface area contributed by atoms with Gasteiger partial charge in [-0.1, -0.05) is 61.1 Å². The molecule has 2 unspecified atom stereocenters. The van der Waals surface area contributed by atoms with E-state index in [4.69, 9.17) is 28.9 Å². The molecule has 0 heterocycles. The van der Waals surface area contributed by atoms with Crippen LogP contribution in [0.3, 0.4) is 0 Å². The number of benzene rings is 2. The second-order valence-electron chi connectivity index (χ2n) is 4.66. The summed E-state index contributed by atoms with van der Waals surface area (Å²) < 4.78 is 1.76. The van der Waals surface area contributed by atoms with Crippen molar-refractivity contribution in [2.24, 2.45) is 5.73 Å². The summed E-state index contributed by atoms with van der Waals surface area (Å²) in [5.41, 5.74) is 7.40. The smallest absolute Gasteiger partial charge is 0.0871 e. The van der Waals surface area contributed by atoms with Gasteiger partial charge in [0.2, 0.25) is 0 Å². The number of nitrogens with two attached hydrogens (primary N) is 1. The predicted octanol–water partition coefficient (Wildman–Crippen LogP) is 5.29. The van der Waals surface area contributed by atoms with Crippen molar-refractivity contribution in [3.05, 3.63) is 66.5 Å². The highest BCUT2D eigenvalue weighted by Gasteiger charge is 2.24. The summed E-state index contributed by atoms with van der Waals surface area (Å²) in [5, 5.41) is 11.7. The zero-order chi connectivity index (χ0) is 15.6. The van der Waals surface area contributed by atoms with E-state index in [2.05, 4.69) is 31.9 Å². The van der Waals surface area contributed by atoms with Gasteiger partial charge >= 0.3 is 0 Å². The summed E-state index contributed by atoms with van der Waals surface area (Å²) in [4.78, 5) is 0. The molecule has 3 N–H and O–H groups in total. The van der Waals surface area contributed by atoms with Gasteiger partial charge in [0.15, 0.2) is 0 Å². The van der Waals surface area contributed by atoms with Crippen molar-refractivity contribution >= 4 is 55.1 Å². The van der Waals surface area contributed by atoms with Crippen LogP contribution < -0.4 is 5.73 Å². The maximum atomic E-state index is 10.7. The van der Waals surface area contributed by atoms with Crippen LogP contribution >= 0.6 is 55.1 Å². The lowest BCUT2D eigenvalue weighted by molar-refractivity contribution is 0.147. The fourth-order valence-electron chi connectivity index (χ4n) is 2.21. The van der Waals surface area contributed by atoms with Crippen molar-refractivity contribution in [2.45, 2.75) is 12.0 Å². The van der Waals surface area contributed by atoms with Gasteiger partial charge in [-0.15, -0.1) is 0 Å². The largest absolute Gasteiger partial charge is 0.388 e. The monoisotopic (exact) mass is 451 g/mol. The minimum absolute atomic E-state index is 0.270. The summed E-state index contributed by atoms with van der Waals surface area (Å²) >= 11 is 19.0. The van der Waals surface area contributed by atoms with Gasteiger partial charge in [0.05, 0.1) is 6.10 Å². The number of hydrogen-bond donors (Lipinski definition) is 2. The molecule has 2 rings (SSSR count).